The molecule has 0 aliphatic carbocycles. The number of fused-ring (bicyclic) bond motifs is 3. The highest BCUT2D eigenvalue weighted by atomic mass is 16.5. The molecule has 4 heterocycles. The van der Waals surface area contributed by atoms with Crippen molar-refractivity contribution in [2.75, 3.05) is 43.4 Å². The van der Waals surface area contributed by atoms with Crippen molar-refractivity contribution in [2.45, 2.75) is 32.9 Å². The highest BCUT2D eigenvalue weighted by Gasteiger charge is 2.29. The average Bonchev–Trinajstić information content (AvgIpc) is 3.48. The molecule has 1 fully saturated rings. The maximum atomic E-state index is 11.3. The number of ether oxygens (including phenoxy) is 1. The molecule has 37 heavy (non-hydrogen) atoms. The molecule has 0 radical (unpaired) electrons. The summed E-state index contributed by atoms with van der Waals surface area (Å²) in [5.41, 5.74) is 7.83. The van der Waals surface area contributed by atoms with Crippen LogP contribution in [0, 0.1) is 11.8 Å². The Morgan fingerprint density at radius 2 is 1.84 bits per heavy atom. The van der Waals surface area contributed by atoms with E-state index in [1.54, 1.807) is 13.3 Å². The molecular weight excluding hydrogens is 474 g/mol. The number of nitrogens with two attached hydrogens (primary N) is 1. The van der Waals surface area contributed by atoms with E-state index < -0.39 is 11.6 Å². The van der Waals surface area contributed by atoms with E-state index in [9.17, 15) is 9.90 Å². The molecule has 1 saturated heterocycles. The fraction of sp³-hybridized carbons (Fsp3) is 0.400. The zero-order valence-electron chi connectivity index (χ0n) is 21.0. The Balaban J connectivity index is 1.19. The van der Waals surface area contributed by atoms with Gasteiger partial charge in [-0.1, -0.05) is 5.92 Å². The van der Waals surface area contributed by atoms with E-state index in [4.69, 9.17) is 10.5 Å². The van der Waals surface area contributed by atoms with Gasteiger partial charge in [0.2, 0.25) is 11.8 Å². The normalized spacial score (nSPS) is 14.6. The Hall–Kier alpha value is -4.37. The number of carboxylic acids is 1. The smallest absolute Gasteiger partial charge is 0.347 e. The fourth-order valence-electron chi connectivity index (χ4n) is 4.30. The summed E-state index contributed by atoms with van der Waals surface area (Å²) in [6, 6.07) is 7.58. The van der Waals surface area contributed by atoms with E-state index in [1.807, 2.05) is 28.8 Å². The van der Waals surface area contributed by atoms with E-state index in [0.717, 1.165) is 45.0 Å². The Labute approximate surface area is 213 Å². The molecule has 0 atom stereocenters. The molecule has 1 aliphatic rings. The van der Waals surface area contributed by atoms with Crippen LogP contribution >= 0.6 is 0 Å². The second kappa shape index (κ2) is 9.59. The highest BCUT2D eigenvalue weighted by Crippen LogP contribution is 2.24. The largest absolute Gasteiger partial charge is 0.478 e. The summed E-state index contributed by atoms with van der Waals surface area (Å²) in [4.78, 5) is 29.5. The van der Waals surface area contributed by atoms with Crippen molar-refractivity contribution in [1.82, 2.24) is 34.0 Å². The van der Waals surface area contributed by atoms with Crippen LogP contribution < -0.4 is 15.4 Å². The number of carboxylic acid groups (broad SMARTS) is 1. The SMILES string of the molecule is CC#Cc1nc2c3ncn(CCN4CCN(c5ccc(OC(C)(C)C(=O)O)cc5)CC4)c3nc(N)n2n1. The monoisotopic (exact) mass is 503 g/mol. The molecule has 3 N–H and O–H groups in total. The van der Waals surface area contributed by atoms with Gasteiger partial charge in [-0.15, -0.1) is 5.10 Å². The van der Waals surface area contributed by atoms with Gasteiger partial charge >= 0.3 is 5.97 Å². The molecule has 5 rings (SSSR count). The summed E-state index contributed by atoms with van der Waals surface area (Å²) in [7, 11) is 0. The predicted octanol–water partition coefficient (Wildman–Crippen LogP) is 1.49. The van der Waals surface area contributed by atoms with Crippen LogP contribution in [-0.2, 0) is 11.3 Å². The first kappa shape index (κ1) is 24.3. The van der Waals surface area contributed by atoms with Crippen molar-refractivity contribution < 1.29 is 14.6 Å². The summed E-state index contributed by atoms with van der Waals surface area (Å²) < 4.78 is 9.07. The van der Waals surface area contributed by atoms with E-state index in [2.05, 4.69) is 41.7 Å². The van der Waals surface area contributed by atoms with Crippen molar-refractivity contribution in [3.63, 3.8) is 0 Å². The Morgan fingerprint density at radius 1 is 1.11 bits per heavy atom. The minimum Gasteiger partial charge on any atom is -0.478 e. The van der Waals surface area contributed by atoms with Crippen molar-refractivity contribution in [3.8, 4) is 17.6 Å². The molecule has 0 bridgehead atoms. The Bertz CT molecular complexity index is 1500. The molecular formula is C25H29N9O3. The number of benzene rings is 1. The standard InChI is InChI=1S/C25H29N9O3/c1-4-5-19-28-22-20-21(29-24(26)34(22)30-19)33(16-27-20)15-12-31-10-13-32(14-11-31)17-6-8-18(9-7-17)37-25(2,3)23(35)36/h6-9,16H,10-15H2,1-3H3,(H2,26,29)(H,35,36). The summed E-state index contributed by atoms with van der Waals surface area (Å²) in [5, 5.41) is 13.5. The minimum absolute atomic E-state index is 0.248. The van der Waals surface area contributed by atoms with Gasteiger partial charge in [0, 0.05) is 45.0 Å². The lowest BCUT2D eigenvalue weighted by Crippen LogP contribution is -2.47. The van der Waals surface area contributed by atoms with Gasteiger partial charge in [0.05, 0.1) is 6.33 Å². The number of piperazine rings is 1. The van der Waals surface area contributed by atoms with Gasteiger partial charge in [-0.3, -0.25) is 4.90 Å². The maximum Gasteiger partial charge on any atom is 0.347 e. The second-order valence-electron chi connectivity index (χ2n) is 9.37. The number of aromatic nitrogens is 6. The molecule has 192 valence electrons. The van der Waals surface area contributed by atoms with Crippen molar-refractivity contribution in [2.24, 2.45) is 0 Å². The van der Waals surface area contributed by atoms with Crippen LogP contribution in [0.25, 0.3) is 16.8 Å². The van der Waals surface area contributed by atoms with Crippen LogP contribution in [-0.4, -0.2) is 83.4 Å². The van der Waals surface area contributed by atoms with Gasteiger partial charge in [-0.25, -0.2) is 9.78 Å². The fourth-order valence-corrected chi connectivity index (χ4v) is 4.30. The first-order valence-electron chi connectivity index (χ1n) is 12.0. The highest BCUT2D eigenvalue weighted by molar-refractivity contribution is 5.86. The quantitative estimate of drug-likeness (QED) is 0.357. The Kier molecular flexibility index (Phi) is 6.31. The van der Waals surface area contributed by atoms with Gasteiger partial charge in [0.15, 0.2) is 22.4 Å². The number of carbonyl (C=O) groups is 1. The van der Waals surface area contributed by atoms with E-state index in [1.165, 1.54) is 18.4 Å². The van der Waals surface area contributed by atoms with Crippen LogP contribution in [0.1, 0.15) is 26.6 Å². The van der Waals surface area contributed by atoms with Crippen molar-refractivity contribution >= 4 is 34.4 Å². The number of hydrogen-bond donors (Lipinski definition) is 2. The lowest BCUT2D eigenvalue weighted by Gasteiger charge is -2.36. The molecule has 12 heteroatoms. The zero-order chi connectivity index (χ0) is 26.2. The molecule has 1 aliphatic heterocycles. The third-order valence-electron chi connectivity index (χ3n) is 6.42. The number of hydrogen-bond acceptors (Lipinski definition) is 9. The first-order chi connectivity index (χ1) is 17.7. The lowest BCUT2D eigenvalue weighted by molar-refractivity contribution is -0.152. The van der Waals surface area contributed by atoms with Crippen LogP contribution in [0.3, 0.4) is 0 Å². The predicted molar refractivity (Wildman–Crippen MR) is 138 cm³/mol. The average molecular weight is 504 g/mol. The lowest BCUT2D eigenvalue weighted by atomic mass is 10.1. The number of aliphatic carboxylic acids is 1. The molecule has 0 spiro atoms. The van der Waals surface area contributed by atoms with Gasteiger partial charge in [-0.05, 0) is 51.0 Å². The van der Waals surface area contributed by atoms with Crippen molar-refractivity contribution in [3.05, 3.63) is 36.4 Å². The topological polar surface area (TPSA) is 140 Å². The van der Waals surface area contributed by atoms with Crippen LogP contribution in [0.15, 0.2) is 30.6 Å². The zero-order valence-corrected chi connectivity index (χ0v) is 21.0. The Morgan fingerprint density at radius 3 is 2.51 bits per heavy atom. The number of imidazole rings is 1. The van der Waals surface area contributed by atoms with Crippen LogP contribution in [0.5, 0.6) is 5.75 Å². The molecule has 0 saturated carbocycles. The second-order valence-corrected chi connectivity index (χ2v) is 9.37. The molecule has 4 aromatic rings. The van der Waals surface area contributed by atoms with Gasteiger partial charge in [0.1, 0.15) is 5.75 Å². The van der Waals surface area contributed by atoms with E-state index >= 15 is 0 Å². The first-order valence-corrected chi connectivity index (χ1v) is 12.0. The minimum atomic E-state index is -1.27. The summed E-state index contributed by atoms with van der Waals surface area (Å²) >= 11 is 0. The van der Waals surface area contributed by atoms with Gasteiger partial charge in [0.25, 0.3) is 0 Å². The number of rotatable bonds is 7. The summed E-state index contributed by atoms with van der Waals surface area (Å²) in [6.07, 6.45) is 1.77. The molecule has 1 aromatic carbocycles. The molecule has 0 amide bonds. The van der Waals surface area contributed by atoms with Crippen LogP contribution in [0.2, 0.25) is 0 Å². The number of nitrogens with zero attached hydrogens (tertiary/aromatic N) is 8. The third kappa shape index (κ3) is 4.85. The summed E-state index contributed by atoms with van der Waals surface area (Å²) in [5.74, 6) is 5.81. The van der Waals surface area contributed by atoms with Gasteiger partial charge < -0.3 is 25.0 Å². The number of anilines is 2. The van der Waals surface area contributed by atoms with Gasteiger partial charge in [-0.2, -0.15) is 14.5 Å². The van der Waals surface area contributed by atoms with Crippen LogP contribution in [0.4, 0.5) is 11.6 Å². The molecule has 3 aromatic heterocycles. The van der Waals surface area contributed by atoms with E-state index in [0.29, 0.717) is 28.4 Å². The molecule has 12 nitrogen and oxygen atoms in total. The number of nitrogen functional groups attached to an aromatic ring is 1. The summed E-state index contributed by atoms with van der Waals surface area (Å²) in [6.45, 7) is 9.98. The third-order valence-corrected chi connectivity index (χ3v) is 6.42. The van der Waals surface area contributed by atoms with E-state index in [-0.39, 0.29) is 5.95 Å². The maximum absolute atomic E-state index is 11.3. The van der Waals surface area contributed by atoms with Crippen molar-refractivity contribution in [1.29, 1.82) is 0 Å². The molecule has 0 unspecified atom stereocenters.